The fourth-order valence-corrected chi connectivity index (χ4v) is 1.96. The minimum atomic E-state index is -0.0695. The normalized spacial score (nSPS) is 11.1. The third-order valence-electron chi connectivity index (χ3n) is 2.70. The summed E-state index contributed by atoms with van der Waals surface area (Å²) in [5, 5.41) is 17.4. The van der Waals surface area contributed by atoms with Gasteiger partial charge in [0.25, 0.3) is 0 Å². The summed E-state index contributed by atoms with van der Waals surface area (Å²) >= 11 is 0. The lowest BCUT2D eigenvalue weighted by molar-refractivity contribution is 0.261. The molecule has 4 nitrogen and oxygen atoms in total. The van der Waals surface area contributed by atoms with Gasteiger partial charge in [0.05, 0.1) is 0 Å². The van der Waals surface area contributed by atoms with Crippen molar-refractivity contribution in [3.05, 3.63) is 47.5 Å². The van der Waals surface area contributed by atoms with Crippen molar-refractivity contribution < 1.29 is 5.11 Å². The first-order chi connectivity index (χ1) is 8.22. The summed E-state index contributed by atoms with van der Waals surface area (Å²) in [5.74, 6) is 1.53. The fourth-order valence-electron chi connectivity index (χ4n) is 1.96. The number of aromatic nitrogens is 3. The van der Waals surface area contributed by atoms with Crippen LogP contribution in [0, 0.1) is 0 Å². The van der Waals surface area contributed by atoms with Crippen LogP contribution in [0.3, 0.4) is 0 Å². The minimum Gasteiger partial charge on any atom is -0.388 e. The number of nitrogens with zero attached hydrogens (tertiary/aromatic N) is 3. The highest BCUT2D eigenvalue weighted by molar-refractivity contribution is 5.19. The maximum Gasteiger partial charge on any atom is 0.159 e. The molecule has 1 heterocycles. The summed E-state index contributed by atoms with van der Waals surface area (Å²) in [6.45, 7) is 4.06. The Morgan fingerprint density at radius 1 is 1.12 bits per heavy atom. The van der Waals surface area contributed by atoms with E-state index in [4.69, 9.17) is 0 Å². The zero-order valence-electron chi connectivity index (χ0n) is 10.2. The van der Waals surface area contributed by atoms with Gasteiger partial charge in [-0.1, -0.05) is 30.3 Å². The average molecular weight is 231 g/mol. The molecule has 0 amide bonds. The number of rotatable bonds is 4. The molecule has 90 valence electrons. The molecule has 0 aliphatic rings. The van der Waals surface area contributed by atoms with Crippen molar-refractivity contribution in [2.75, 3.05) is 0 Å². The summed E-state index contributed by atoms with van der Waals surface area (Å²) in [5.41, 5.74) is 1.20. The zero-order valence-corrected chi connectivity index (χ0v) is 10.2. The van der Waals surface area contributed by atoms with E-state index in [9.17, 15) is 5.11 Å². The SMILES string of the molecule is CC(C)n1c(CO)nnc1Cc1ccccc1. The summed E-state index contributed by atoms with van der Waals surface area (Å²) in [7, 11) is 0. The molecule has 1 aromatic heterocycles. The third-order valence-corrected chi connectivity index (χ3v) is 2.70. The van der Waals surface area contributed by atoms with Crippen LogP contribution in [0.5, 0.6) is 0 Å². The molecule has 0 spiro atoms. The molecule has 0 unspecified atom stereocenters. The molecule has 17 heavy (non-hydrogen) atoms. The minimum absolute atomic E-state index is 0.0695. The maximum atomic E-state index is 9.22. The lowest BCUT2D eigenvalue weighted by atomic mass is 10.1. The van der Waals surface area contributed by atoms with Crippen LogP contribution in [-0.4, -0.2) is 19.9 Å². The molecule has 2 rings (SSSR count). The maximum absolute atomic E-state index is 9.22. The van der Waals surface area contributed by atoms with Gasteiger partial charge in [0.2, 0.25) is 0 Å². The van der Waals surface area contributed by atoms with E-state index in [1.54, 1.807) is 0 Å². The average Bonchev–Trinajstić information content (AvgIpc) is 2.73. The fraction of sp³-hybridized carbons (Fsp3) is 0.385. The highest BCUT2D eigenvalue weighted by Gasteiger charge is 2.13. The first-order valence-electron chi connectivity index (χ1n) is 5.79. The molecule has 2 aromatic rings. The Hall–Kier alpha value is -1.68. The Labute approximate surface area is 101 Å². The molecule has 0 radical (unpaired) electrons. The van der Waals surface area contributed by atoms with Crippen molar-refractivity contribution in [1.82, 2.24) is 14.8 Å². The first-order valence-corrected chi connectivity index (χ1v) is 5.79. The molecule has 0 aliphatic heterocycles. The van der Waals surface area contributed by atoms with Gasteiger partial charge >= 0.3 is 0 Å². The lowest BCUT2D eigenvalue weighted by Gasteiger charge is -2.12. The van der Waals surface area contributed by atoms with Crippen LogP contribution in [0.2, 0.25) is 0 Å². The van der Waals surface area contributed by atoms with Gasteiger partial charge in [-0.3, -0.25) is 0 Å². The monoisotopic (exact) mass is 231 g/mol. The van der Waals surface area contributed by atoms with E-state index >= 15 is 0 Å². The standard InChI is InChI=1S/C13H17N3O/c1-10(2)16-12(14-15-13(16)9-17)8-11-6-4-3-5-7-11/h3-7,10,17H,8-9H2,1-2H3. The molecular formula is C13H17N3O. The predicted molar refractivity (Wildman–Crippen MR) is 65.6 cm³/mol. The van der Waals surface area contributed by atoms with E-state index in [1.807, 2.05) is 22.8 Å². The Kier molecular flexibility index (Phi) is 3.54. The van der Waals surface area contributed by atoms with Crippen molar-refractivity contribution in [3.8, 4) is 0 Å². The number of hydrogen-bond acceptors (Lipinski definition) is 3. The Morgan fingerprint density at radius 2 is 1.76 bits per heavy atom. The van der Waals surface area contributed by atoms with Crippen LogP contribution >= 0.6 is 0 Å². The highest BCUT2D eigenvalue weighted by atomic mass is 16.3. The Balaban J connectivity index is 2.30. The van der Waals surface area contributed by atoms with E-state index in [0.29, 0.717) is 5.82 Å². The third kappa shape index (κ3) is 2.53. The molecule has 1 aromatic carbocycles. The molecule has 4 heteroatoms. The summed E-state index contributed by atoms with van der Waals surface area (Å²) in [6, 6.07) is 10.4. The van der Waals surface area contributed by atoms with Gasteiger partial charge in [0.15, 0.2) is 5.82 Å². The largest absolute Gasteiger partial charge is 0.388 e. The van der Waals surface area contributed by atoms with Crippen LogP contribution < -0.4 is 0 Å². The second-order valence-corrected chi connectivity index (χ2v) is 4.32. The molecule has 0 saturated carbocycles. The van der Waals surface area contributed by atoms with Gasteiger partial charge in [0.1, 0.15) is 12.4 Å². The van der Waals surface area contributed by atoms with Gasteiger partial charge in [-0.05, 0) is 19.4 Å². The van der Waals surface area contributed by atoms with Crippen molar-refractivity contribution in [2.45, 2.75) is 32.9 Å². The van der Waals surface area contributed by atoms with Crippen molar-refractivity contribution >= 4 is 0 Å². The quantitative estimate of drug-likeness (QED) is 0.875. The summed E-state index contributed by atoms with van der Waals surface area (Å²) in [4.78, 5) is 0. The number of aliphatic hydroxyl groups is 1. The van der Waals surface area contributed by atoms with E-state index in [2.05, 4.69) is 36.2 Å². The molecule has 0 aliphatic carbocycles. The molecule has 1 N–H and O–H groups in total. The lowest BCUT2D eigenvalue weighted by Crippen LogP contribution is -2.10. The topological polar surface area (TPSA) is 50.9 Å². The van der Waals surface area contributed by atoms with Gasteiger partial charge in [-0.25, -0.2) is 0 Å². The van der Waals surface area contributed by atoms with Crippen molar-refractivity contribution in [2.24, 2.45) is 0 Å². The predicted octanol–water partition coefficient (Wildman–Crippen LogP) is 1.94. The number of hydrogen-bond donors (Lipinski definition) is 1. The second-order valence-electron chi connectivity index (χ2n) is 4.32. The smallest absolute Gasteiger partial charge is 0.159 e. The van der Waals surface area contributed by atoms with Gasteiger partial charge in [-0.15, -0.1) is 10.2 Å². The Morgan fingerprint density at radius 3 is 2.35 bits per heavy atom. The molecule has 0 bridgehead atoms. The summed E-state index contributed by atoms with van der Waals surface area (Å²) in [6.07, 6.45) is 0.742. The van der Waals surface area contributed by atoms with Gasteiger partial charge in [-0.2, -0.15) is 0 Å². The molecular weight excluding hydrogens is 214 g/mol. The first kappa shape index (κ1) is 11.8. The van der Waals surface area contributed by atoms with Gasteiger partial charge < -0.3 is 9.67 Å². The highest BCUT2D eigenvalue weighted by Crippen LogP contribution is 2.15. The molecule has 0 fully saturated rings. The molecule has 0 atom stereocenters. The van der Waals surface area contributed by atoms with E-state index in [1.165, 1.54) is 5.56 Å². The van der Waals surface area contributed by atoms with Crippen LogP contribution in [0.15, 0.2) is 30.3 Å². The number of benzene rings is 1. The van der Waals surface area contributed by atoms with Crippen molar-refractivity contribution in [3.63, 3.8) is 0 Å². The van der Waals surface area contributed by atoms with E-state index in [0.717, 1.165) is 12.2 Å². The van der Waals surface area contributed by atoms with Crippen LogP contribution in [0.4, 0.5) is 0 Å². The van der Waals surface area contributed by atoms with Crippen LogP contribution in [-0.2, 0) is 13.0 Å². The van der Waals surface area contributed by atoms with Gasteiger partial charge in [0, 0.05) is 12.5 Å². The number of aliphatic hydroxyl groups excluding tert-OH is 1. The van der Waals surface area contributed by atoms with Crippen LogP contribution in [0.1, 0.15) is 37.1 Å². The van der Waals surface area contributed by atoms with Crippen molar-refractivity contribution in [1.29, 1.82) is 0 Å². The Bertz CT molecular complexity index is 477. The zero-order chi connectivity index (χ0) is 12.3. The van der Waals surface area contributed by atoms with Crippen LogP contribution in [0.25, 0.3) is 0 Å². The van der Waals surface area contributed by atoms with E-state index < -0.39 is 0 Å². The van der Waals surface area contributed by atoms with E-state index in [-0.39, 0.29) is 12.6 Å². The second kappa shape index (κ2) is 5.10. The summed E-state index contributed by atoms with van der Waals surface area (Å²) < 4.78 is 1.99. The molecule has 0 saturated heterocycles.